The molecule has 0 amide bonds. The predicted octanol–water partition coefficient (Wildman–Crippen LogP) is 0.557. The summed E-state index contributed by atoms with van der Waals surface area (Å²) in [5.74, 6) is 1.36. The van der Waals surface area contributed by atoms with Gasteiger partial charge in [-0.25, -0.2) is 0 Å². The first kappa shape index (κ1) is 13.0. The molecule has 5 heteroatoms. The van der Waals surface area contributed by atoms with Gasteiger partial charge in [0.15, 0.2) is 0 Å². The number of aliphatic hydroxyl groups is 2. The number of nitrogens with one attached hydrogen (secondary N) is 1. The molecule has 0 radical (unpaired) electrons. The van der Waals surface area contributed by atoms with Crippen LogP contribution in [-0.2, 0) is 5.75 Å². The van der Waals surface area contributed by atoms with Gasteiger partial charge in [0, 0.05) is 17.1 Å². The summed E-state index contributed by atoms with van der Waals surface area (Å²) in [6.07, 6.45) is -0.651. The average molecular weight is 240 g/mol. The number of amidine groups is 1. The monoisotopic (exact) mass is 240 g/mol. The highest BCUT2D eigenvalue weighted by Crippen LogP contribution is 2.13. The zero-order chi connectivity index (χ0) is 12.0. The Hall–Kier alpha value is -1.04. The third-order valence-corrected chi connectivity index (χ3v) is 3.21. The fourth-order valence-corrected chi connectivity index (χ4v) is 2.07. The van der Waals surface area contributed by atoms with E-state index in [9.17, 15) is 0 Å². The summed E-state index contributed by atoms with van der Waals surface area (Å²) in [6, 6.07) is 7.44. The summed E-state index contributed by atoms with van der Waals surface area (Å²) < 4.78 is 0. The molecule has 1 aromatic rings. The number of nitrogen functional groups attached to an aromatic ring is 1. The van der Waals surface area contributed by atoms with E-state index < -0.39 is 6.10 Å². The molecule has 0 heterocycles. The molecular weight excluding hydrogens is 224 g/mol. The molecule has 1 unspecified atom stereocenters. The van der Waals surface area contributed by atoms with E-state index in [1.807, 2.05) is 12.1 Å². The summed E-state index contributed by atoms with van der Waals surface area (Å²) >= 11 is 1.56. The SMILES string of the molecule is N=C(N)c1ccc(CSCC(O)CO)cc1. The largest absolute Gasteiger partial charge is 0.394 e. The maximum Gasteiger partial charge on any atom is 0.122 e. The van der Waals surface area contributed by atoms with Crippen molar-refractivity contribution in [3.8, 4) is 0 Å². The van der Waals surface area contributed by atoms with E-state index in [-0.39, 0.29) is 12.4 Å². The summed E-state index contributed by atoms with van der Waals surface area (Å²) in [5.41, 5.74) is 7.16. The second-order valence-electron chi connectivity index (χ2n) is 3.46. The second-order valence-corrected chi connectivity index (χ2v) is 4.49. The third-order valence-electron chi connectivity index (χ3n) is 2.05. The lowest BCUT2D eigenvalue weighted by Gasteiger charge is -2.06. The molecule has 0 aliphatic heterocycles. The van der Waals surface area contributed by atoms with E-state index in [1.165, 1.54) is 0 Å². The van der Waals surface area contributed by atoms with Gasteiger partial charge in [-0.3, -0.25) is 5.41 Å². The van der Waals surface area contributed by atoms with E-state index in [2.05, 4.69) is 0 Å². The minimum absolute atomic E-state index is 0.0647. The number of hydrogen-bond acceptors (Lipinski definition) is 4. The van der Waals surface area contributed by atoms with Crippen molar-refractivity contribution in [2.24, 2.45) is 5.73 Å². The van der Waals surface area contributed by atoms with E-state index in [4.69, 9.17) is 21.4 Å². The minimum atomic E-state index is -0.651. The molecule has 0 bridgehead atoms. The van der Waals surface area contributed by atoms with Crippen LogP contribution in [0.2, 0.25) is 0 Å². The fraction of sp³-hybridized carbons (Fsp3) is 0.364. The highest BCUT2D eigenvalue weighted by molar-refractivity contribution is 7.98. The normalized spacial score (nSPS) is 12.4. The smallest absolute Gasteiger partial charge is 0.122 e. The standard InChI is InChI=1S/C11H16N2O2S/c12-11(13)9-3-1-8(2-4-9)6-16-7-10(15)5-14/h1-4,10,14-15H,5-7H2,(H3,12,13). The van der Waals surface area contributed by atoms with Crippen molar-refractivity contribution in [3.05, 3.63) is 35.4 Å². The number of thioether (sulfide) groups is 1. The molecule has 1 aromatic carbocycles. The van der Waals surface area contributed by atoms with E-state index in [0.29, 0.717) is 11.3 Å². The Labute approximate surface area is 99.0 Å². The second kappa shape index (κ2) is 6.52. The van der Waals surface area contributed by atoms with Gasteiger partial charge in [0.1, 0.15) is 5.84 Å². The first-order valence-electron chi connectivity index (χ1n) is 4.93. The van der Waals surface area contributed by atoms with Gasteiger partial charge in [-0.1, -0.05) is 24.3 Å². The summed E-state index contributed by atoms with van der Waals surface area (Å²) in [5, 5.41) is 25.0. The van der Waals surface area contributed by atoms with Crippen LogP contribution in [0.3, 0.4) is 0 Å². The molecule has 0 aliphatic carbocycles. The van der Waals surface area contributed by atoms with Gasteiger partial charge in [-0.15, -0.1) is 0 Å². The van der Waals surface area contributed by atoms with Gasteiger partial charge in [0.2, 0.25) is 0 Å². The molecule has 1 rings (SSSR count). The summed E-state index contributed by atoms with van der Waals surface area (Å²) in [7, 11) is 0. The first-order chi connectivity index (χ1) is 7.63. The van der Waals surface area contributed by atoms with Crippen LogP contribution in [0.4, 0.5) is 0 Å². The number of hydrogen-bond donors (Lipinski definition) is 4. The van der Waals surface area contributed by atoms with E-state index in [1.54, 1.807) is 23.9 Å². The van der Waals surface area contributed by atoms with Crippen molar-refractivity contribution < 1.29 is 10.2 Å². The van der Waals surface area contributed by atoms with Gasteiger partial charge >= 0.3 is 0 Å². The lowest BCUT2D eigenvalue weighted by molar-refractivity contribution is 0.113. The Morgan fingerprint density at radius 1 is 1.38 bits per heavy atom. The van der Waals surface area contributed by atoms with Crippen molar-refractivity contribution in [2.75, 3.05) is 12.4 Å². The van der Waals surface area contributed by atoms with Crippen LogP contribution < -0.4 is 5.73 Å². The fourth-order valence-electron chi connectivity index (χ4n) is 1.15. The summed E-state index contributed by atoms with van der Waals surface area (Å²) in [4.78, 5) is 0. The van der Waals surface area contributed by atoms with Gasteiger partial charge in [-0.2, -0.15) is 11.8 Å². The summed E-state index contributed by atoms with van der Waals surface area (Å²) in [6.45, 7) is -0.198. The quantitative estimate of drug-likeness (QED) is 0.432. The zero-order valence-corrected chi connectivity index (χ0v) is 9.70. The van der Waals surface area contributed by atoms with Gasteiger partial charge in [-0.05, 0) is 5.56 Å². The molecule has 0 saturated heterocycles. The van der Waals surface area contributed by atoms with Crippen LogP contribution in [0.1, 0.15) is 11.1 Å². The van der Waals surface area contributed by atoms with Crippen molar-refractivity contribution >= 4 is 17.6 Å². The van der Waals surface area contributed by atoms with Crippen LogP contribution >= 0.6 is 11.8 Å². The van der Waals surface area contributed by atoms with Crippen molar-refractivity contribution in [2.45, 2.75) is 11.9 Å². The van der Waals surface area contributed by atoms with Crippen LogP contribution in [0.5, 0.6) is 0 Å². The van der Waals surface area contributed by atoms with E-state index >= 15 is 0 Å². The molecule has 4 nitrogen and oxygen atoms in total. The average Bonchev–Trinajstić information content (AvgIpc) is 2.29. The molecule has 88 valence electrons. The van der Waals surface area contributed by atoms with Crippen molar-refractivity contribution in [1.29, 1.82) is 5.41 Å². The molecule has 0 fully saturated rings. The highest BCUT2D eigenvalue weighted by atomic mass is 32.2. The Balaban J connectivity index is 2.40. The number of nitrogens with two attached hydrogens (primary N) is 1. The van der Waals surface area contributed by atoms with Gasteiger partial charge in [0.05, 0.1) is 12.7 Å². The highest BCUT2D eigenvalue weighted by Gasteiger charge is 2.02. The zero-order valence-electron chi connectivity index (χ0n) is 8.89. The Kier molecular flexibility index (Phi) is 5.31. The molecule has 0 aromatic heterocycles. The molecule has 0 spiro atoms. The predicted molar refractivity (Wildman–Crippen MR) is 66.7 cm³/mol. The topological polar surface area (TPSA) is 90.3 Å². The molecule has 0 aliphatic rings. The molecule has 1 atom stereocenters. The maximum absolute atomic E-state index is 9.14. The maximum atomic E-state index is 9.14. The molecule has 5 N–H and O–H groups in total. The molecular formula is C11H16N2O2S. The molecule has 0 saturated carbocycles. The third kappa shape index (κ3) is 4.22. The van der Waals surface area contributed by atoms with Crippen LogP contribution in [-0.4, -0.2) is 34.5 Å². The van der Waals surface area contributed by atoms with Crippen LogP contribution in [0.25, 0.3) is 0 Å². The van der Waals surface area contributed by atoms with Gasteiger partial charge < -0.3 is 15.9 Å². The molecule has 16 heavy (non-hydrogen) atoms. The lowest BCUT2D eigenvalue weighted by atomic mass is 10.1. The Morgan fingerprint density at radius 3 is 2.50 bits per heavy atom. The minimum Gasteiger partial charge on any atom is -0.394 e. The Morgan fingerprint density at radius 2 is 2.00 bits per heavy atom. The van der Waals surface area contributed by atoms with Crippen molar-refractivity contribution in [1.82, 2.24) is 0 Å². The van der Waals surface area contributed by atoms with Crippen molar-refractivity contribution in [3.63, 3.8) is 0 Å². The number of aliphatic hydroxyl groups excluding tert-OH is 2. The first-order valence-corrected chi connectivity index (χ1v) is 6.09. The number of benzene rings is 1. The Bertz CT molecular complexity index is 340. The number of rotatable bonds is 6. The van der Waals surface area contributed by atoms with Crippen LogP contribution in [0.15, 0.2) is 24.3 Å². The van der Waals surface area contributed by atoms with E-state index in [0.717, 1.165) is 11.3 Å². The lowest BCUT2D eigenvalue weighted by Crippen LogP contribution is -2.14. The van der Waals surface area contributed by atoms with Gasteiger partial charge in [0.25, 0.3) is 0 Å². The van der Waals surface area contributed by atoms with Crippen LogP contribution in [0, 0.1) is 5.41 Å².